The molecule has 13 heteroatoms. The standard InChI is InChI=1S/C16H11F3N4.C12H8N6/c1-10-2-4-11(5-3-10)14-20-22-15(23-21-14)12-6-8-13(9-7-12)16(17,18)19;1-3-7-13-9(5-1)11-15-17-12(18-16-11)10-6-2-4-8-14-10/h2-9H,1H3;1-8H. The first-order valence-corrected chi connectivity index (χ1v) is 12.1. The van der Waals surface area contributed by atoms with Crippen LogP contribution in [0.3, 0.4) is 0 Å². The third kappa shape index (κ3) is 6.89. The third-order valence-electron chi connectivity index (χ3n) is 5.53. The van der Waals surface area contributed by atoms with Gasteiger partial charge in [-0.25, -0.2) is 0 Å². The van der Waals surface area contributed by atoms with Gasteiger partial charge in [0.05, 0.1) is 5.56 Å². The van der Waals surface area contributed by atoms with Gasteiger partial charge < -0.3 is 0 Å². The topological polar surface area (TPSA) is 129 Å². The summed E-state index contributed by atoms with van der Waals surface area (Å²) >= 11 is 0. The molecule has 0 aliphatic heterocycles. The maximum Gasteiger partial charge on any atom is 0.416 e. The van der Waals surface area contributed by atoms with Gasteiger partial charge in [-0.15, -0.1) is 40.8 Å². The van der Waals surface area contributed by atoms with Gasteiger partial charge in [-0.2, -0.15) is 13.2 Å². The van der Waals surface area contributed by atoms with Crippen LogP contribution in [0.4, 0.5) is 13.2 Å². The number of pyridine rings is 2. The molecule has 0 aliphatic rings. The molecule has 202 valence electrons. The van der Waals surface area contributed by atoms with E-state index in [1.165, 1.54) is 12.1 Å². The fourth-order valence-electron chi connectivity index (χ4n) is 3.40. The monoisotopic (exact) mass is 552 g/mol. The highest BCUT2D eigenvalue weighted by atomic mass is 19.4. The first-order valence-electron chi connectivity index (χ1n) is 12.1. The van der Waals surface area contributed by atoms with Crippen LogP contribution in [0.1, 0.15) is 11.1 Å². The molecule has 0 saturated carbocycles. The first kappa shape index (κ1) is 27.0. The number of hydrogen-bond donors (Lipinski definition) is 0. The molecule has 4 aromatic heterocycles. The van der Waals surface area contributed by atoms with Crippen molar-refractivity contribution in [2.75, 3.05) is 0 Å². The first-order chi connectivity index (χ1) is 19.9. The lowest BCUT2D eigenvalue weighted by molar-refractivity contribution is -0.137. The minimum Gasteiger partial charge on any atom is -0.253 e. The van der Waals surface area contributed by atoms with Crippen molar-refractivity contribution in [1.82, 2.24) is 50.8 Å². The molecule has 0 atom stereocenters. The summed E-state index contributed by atoms with van der Waals surface area (Å²) in [5.74, 6) is 1.33. The molecule has 6 rings (SSSR count). The molecular weight excluding hydrogens is 533 g/mol. The largest absolute Gasteiger partial charge is 0.416 e. The molecule has 0 unspecified atom stereocenters. The average Bonchev–Trinajstić information content (AvgIpc) is 3.02. The van der Waals surface area contributed by atoms with Crippen LogP contribution in [-0.4, -0.2) is 50.8 Å². The van der Waals surface area contributed by atoms with Gasteiger partial charge in [0.25, 0.3) is 0 Å². The van der Waals surface area contributed by atoms with Crippen molar-refractivity contribution in [3.63, 3.8) is 0 Å². The zero-order valence-electron chi connectivity index (χ0n) is 21.3. The van der Waals surface area contributed by atoms with E-state index < -0.39 is 11.7 Å². The summed E-state index contributed by atoms with van der Waals surface area (Å²) in [7, 11) is 0. The van der Waals surface area contributed by atoms with E-state index in [4.69, 9.17) is 0 Å². The molecule has 0 radical (unpaired) electrons. The molecule has 0 aliphatic carbocycles. The van der Waals surface area contributed by atoms with Crippen LogP contribution < -0.4 is 0 Å². The summed E-state index contributed by atoms with van der Waals surface area (Å²) in [6, 6.07) is 23.1. The number of rotatable bonds is 4. The summed E-state index contributed by atoms with van der Waals surface area (Å²) in [5, 5.41) is 31.8. The van der Waals surface area contributed by atoms with Gasteiger partial charge in [0.2, 0.25) is 23.3 Å². The van der Waals surface area contributed by atoms with Gasteiger partial charge in [-0.05, 0) is 43.3 Å². The smallest absolute Gasteiger partial charge is 0.253 e. The highest BCUT2D eigenvalue weighted by Gasteiger charge is 2.30. The summed E-state index contributed by atoms with van der Waals surface area (Å²) in [6.45, 7) is 1.97. The molecule has 6 aromatic rings. The number of halogens is 3. The molecule has 0 N–H and O–H groups in total. The summed E-state index contributed by atoms with van der Waals surface area (Å²) in [6.07, 6.45) is -1.03. The summed E-state index contributed by atoms with van der Waals surface area (Å²) < 4.78 is 37.6. The highest BCUT2D eigenvalue weighted by molar-refractivity contribution is 5.57. The normalized spacial score (nSPS) is 10.9. The Hall–Kier alpha value is -5.59. The molecule has 4 heterocycles. The van der Waals surface area contributed by atoms with Crippen LogP contribution >= 0.6 is 0 Å². The second-order valence-electron chi connectivity index (χ2n) is 8.47. The van der Waals surface area contributed by atoms with Gasteiger partial charge in [0.15, 0.2) is 0 Å². The zero-order chi connectivity index (χ0) is 28.7. The van der Waals surface area contributed by atoms with E-state index in [1.54, 1.807) is 24.5 Å². The van der Waals surface area contributed by atoms with Crippen LogP contribution in [0.15, 0.2) is 97.3 Å². The van der Waals surface area contributed by atoms with Gasteiger partial charge >= 0.3 is 6.18 Å². The maximum absolute atomic E-state index is 12.5. The second kappa shape index (κ2) is 12.1. The van der Waals surface area contributed by atoms with Crippen molar-refractivity contribution >= 4 is 0 Å². The molecule has 0 spiro atoms. The molecule has 0 amide bonds. The van der Waals surface area contributed by atoms with E-state index >= 15 is 0 Å². The van der Waals surface area contributed by atoms with Gasteiger partial charge in [-0.1, -0.05) is 54.1 Å². The SMILES string of the molecule is Cc1ccc(-c2nnc(-c3ccc(C(F)(F)F)cc3)nn2)cc1.c1ccc(-c2nnc(-c3ccccn3)nn2)nc1. The van der Waals surface area contributed by atoms with Crippen LogP contribution in [0, 0.1) is 6.92 Å². The predicted molar refractivity (Wildman–Crippen MR) is 142 cm³/mol. The van der Waals surface area contributed by atoms with Crippen molar-refractivity contribution in [3.8, 4) is 45.8 Å². The number of aryl methyl sites for hydroxylation is 1. The van der Waals surface area contributed by atoms with Crippen molar-refractivity contribution in [2.24, 2.45) is 0 Å². The van der Waals surface area contributed by atoms with Crippen LogP contribution in [0.25, 0.3) is 45.8 Å². The summed E-state index contributed by atoms with van der Waals surface area (Å²) in [4.78, 5) is 8.26. The van der Waals surface area contributed by atoms with E-state index in [9.17, 15) is 13.2 Å². The average molecular weight is 553 g/mol. The quantitative estimate of drug-likeness (QED) is 0.283. The number of alkyl halides is 3. The Kier molecular flexibility index (Phi) is 7.95. The van der Waals surface area contributed by atoms with E-state index in [0.29, 0.717) is 34.4 Å². The van der Waals surface area contributed by atoms with Gasteiger partial charge in [0.1, 0.15) is 11.4 Å². The van der Waals surface area contributed by atoms with Crippen molar-refractivity contribution in [1.29, 1.82) is 0 Å². The fraction of sp³-hybridized carbons (Fsp3) is 0.0714. The predicted octanol–water partition coefficient (Wildman–Crippen LogP) is 5.32. The molecule has 41 heavy (non-hydrogen) atoms. The van der Waals surface area contributed by atoms with Crippen molar-refractivity contribution < 1.29 is 13.2 Å². The molecule has 0 saturated heterocycles. The van der Waals surface area contributed by atoms with E-state index in [1.807, 2.05) is 55.5 Å². The molecule has 0 bridgehead atoms. The molecular formula is C28H19F3N10. The Balaban J connectivity index is 0.000000169. The third-order valence-corrected chi connectivity index (χ3v) is 5.53. The van der Waals surface area contributed by atoms with Crippen LogP contribution in [0.2, 0.25) is 0 Å². The van der Waals surface area contributed by atoms with Crippen molar-refractivity contribution in [3.05, 3.63) is 108 Å². The van der Waals surface area contributed by atoms with E-state index in [-0.39, 0.29) is 5.82 Å². The lowest BCUT2D eigenvalue weighted by atomic mass is 10.1. The maximum atomic E-state index is 12.5. The van der Waals surface area contributed by atoms with Crippen LogP contribution in [0.5, 0.6) is 0 Å². The van der Waals surface area contributed by atoms with E-state index in [0.717, 1.165) is 23.3 Å². The highest BCUT2D eigenvalue weighted by Crippen LogP contribution is 2.30. The number of nitrogens with zero attached hydrogens (tertiary/aromatic N) is 10. The number of benzene rings is 2. The molecule has 0 fully saturated rings. The Bertz CT molecular complexity index is 1620. The number of hydrogen-bond acceptors (Lipinski definition) is 10. The van der Waals surface area contributed by atoms with Crippen molar-refractivity contribution in [2.45, 2.75) is 13.1 Å². The minimum atomic E-state index is -4.37. The Morgan fingerprint density at radius 1 is 0.463 bits per heavy atom. The van der Waals surface area contributed by atoms with Gasteiger partial charge in [0, 0.05) is 23.5 Å². The number of aromatic nitrogens is 10. The lowest BCUT2D eigenvalue weighted by Gasteiger charge is -2.06. The Labute approximate surface area is 231 Å². The molecule has 2 aromatic carbocycles. The van der Waals surface area contributed by atoms with E-state index in [2.05, 4.69) is 50.8 Å². The van der Waals surface area contributed by atoms with Crippen LogP contribution in [-0.2, 0) is 6.18 Å². The molecule has 10 nitrogen and oxygen atoms in total. The lowest BCUT2D eigenvalue weighted by Crippen LogP contribution is -2.04. The minimum absolute atomic E-state index is 0.176. The Morgan fingerprint density at radius 3 is 1.22 bits per heavy atom. The summed E-state index contributed by atoms with van der Waals surface area (Å²) in [5.41, 5.74) is 2.87. The zero-order valence-corrected chi connectivity index (χ0v) is 21.3. The Morgan fingerprint density at radius 2 is 0.854 bits per heavy atom. The second-order valence-corrected chi connectivity index (χ2v) is 8.47. The fourth-order valence-corrected chi connectivity index (χ4v) is 3.40. The van der Waals surface area contributed by atoms with Gasteiger partial charge in [-0.3, -0.25) is 9.97 Å².